The van der Waals surface area contributed by atoms with Crippen LogP contribution in [0.25, 0.3) is 0 Å². The second-order valence-electron chi connectivity index (χ2n) is 4.28. The van der Waals surface area contributed by atoms with Gasteiger partial charge in [-0.25, -0.2) is 4.79 Å². The van der Waals surface area contributed by atoms with Crippen LogP contribution in [-0.4, -0.2) is 25.7 Å². The smallest absolute Gasteiger partial charge is 0.322 e. The normalized spacial score (nSPS) is 9.82. The van der Waals surface area contributed by atoms with E-state index < -0.39 is 6.03 Å². The van der Waals surface area contributed by atoms with Gasteiger partial charge < -0.3 is 15.2 Å². The first kappa shape index (κ1) is 15.4. The molecule has 0 atom stereocenters. The highest BCUT2D eigenvalue weighted by Crippen LogP contribution is 2.19. The van der Waals surface area contributed by atoms with E-state index in [0.29, 0.717) is 17.2 Å². The fraction of sp³-hybridized carbons (Fsp3) is 0.125. The summed E-state index contributed by atoms with van der Waals surface area (Å²) < 4.78 is 10.6. The molecule has 6 heteroatoms. The number of nitrogens with zero attached hydrogens (tertiary/aromatic N) is 1. The van der Waals surface area contributed by atoms with E-state index in [4.69, 9.17) is 15.2 Å². The van der Waals surface area contributed by atoms with E-state index in [1.807, 2.05) is 18.2 Å². The maximum Gasteiger partial charge on any atom is 0.322 e. The van der Waals surface area contributed by atoms with E-state index in [2.05, 4.69) is 0 Å². The van der Waals surface area contributed by atoms with E-state index >= 15 is 0 Å². The minimum Gasteiger partial charge on any atom is -0.485 e. The summed E-state index contributed by atoms with van der Waals surface area (Å²) in [5.74, 6) is 1.08. The molecule has 2 N–H and O–H groups in total. The summed E-state index contributed by atoms with van der Waals surface area (Å²) in [6, 6.07) is 15.0. The van der Waals surface area contributed by atoms with Gasteiger partial charge >= 0.3 is 6.03 Å². The Labute approximate surface area is 128 Å². The van der Waals surface area contributed by atoms with Crippen molar-refractivity contribution in [3.05, 3.63) is 54.6 Å². The van der Waals surface area contributed by atoms with Gasteiger partial charge in [-0.3, -0.25) is 9.69 Å². The molecule has 0 saturated heterocycles. The number of rotatable bonds is 7. The molecule has 2 rings (SSSR count). The van der Waals surface area contributed by atoms with Crippen LogP contribution in [0.3, 0.4) is 0 Å². The maximum absolute atomic E-state index is 11.5. The number of carbonyl (C=O) groups is 1. The van der Waals surface area contributed by atoms with Crippen molar-refractivity contribution in [2.24, 2.45) is 5.73 Å². The van der Waals surface area contributed by atoms with Gasteiger partial charge in [-0.15, -0.1) is 0 Å². The van der Waals surface area contributed by atoms with Crippen LogP contribution in [0.2, 0.25) is 0 Å². The Morgan fingerprint density at radius 3 is 2.14 bits per heavy atom. The van der Waals surface area contributed by atoms with Gasteiger partial charge in [-0.2, -0.15) is 0 Å². The van der Waals surface area contributed by atoms with Crippen molar-refractivity contribution in [3.63, 3.8) is 0 Å². The number of nitrogens with two attached hydrogens (primary N) is 1. The van der Waals surface area contributed by atoms with Crippen molar-refractivity contribution < 1.29 is 19.1 Å². The van der Waals surface area contributed by atoms with Crippen LogP contribution in [0.1, 0.15) is 0 Å². The predicted octanol–water partition coefficient (Wildman–Crippen LogP) is 2.10. The summed E-state index contributed by atoms with van der Waals surface area (Å²) in [4.78, 5) is 22.9. The van der Waals surface area contributed by atoms with Crippen LogP contribution in [-0.2, 0) is 4.79 Å². The largest absolute Gasteiger partial charge is 0.485 e. The standard InChI is InChI=1S/C16H15N2O4/c17-16(20)18(13-4-2-1-3-5-13)12-22-15-8-6-14(7-9-15)21-11-10-19/h1-9H,11-12H2,(H2,17,20). The third kappa shape index (κ3) is 4.24. The summed E-state index contributed by atoms with van der Waals surface area (Å²) in [5.41, 5.74) is 6.01. The van der Waals surface area contributed by atoms with Crippen LogP contribution >= 0.6 is 0 Å². The monoisotopic (exact) mass is 299 g/mol. The summed E-state index contributed by atoms with van der Waals surface area (Å²) in [6.45, 7) is -0.134. The van der Waals surface area contributed by atoms with Crippen LogP contribution in [0, 0.1) is 0 Å². The molecule has 6 nitrogen and oxygen atoms in total. The highest BCUT2D eigenvalue weighted by Gasteiger charge is 2.12. The quantitative estimate of drug-likeness (QED) is 0.794. The molecule has 22 heavy (non-hydrogen) atoms. The molecule has 0 spiro atoms. The molecule has 0 unspecified atom stereocenters. The summed E-state index contributed by atoms with van der Waals surface area (Å²) in [5, 5.41) is 0. The molecular formula is C16H15N2O4. The molecule has 113 valence electrons. The van der Waals surface area contributed by atoms with Gasteiger partial charge in [0.05, 0.1) is 0 Å². The lowest BCUT2D eigenvalue weighted by Crippen LogP contribution is -2.38. The molecule has 2 amide bonds. The van der Waals surface area contributed by atoms with Crippen LogP contribution in [0.4, 0.5) is 10.5 Å². The van der Waals surface area contributed by atoms with E-state index in [1.54, 1.807) is 42.7 Å². The van der Waals surface area contributed by atoms with Crippen LogP contribution < -0.4 is 20.1 Å². The molecule has 2 aromatic rings. The third-order valence-corrected chi connectivity index (χ3v) is 2.82. The number of para-hydroxylation sites is 1. The number of carbonyl (C=O) groups excluding carboxylic acids is 2. The van der Waals surface area contributed by atoms with Gasteiger partial charge in [-0.1, -0.05) is 18.2 Å². The lowest BCUT2D eigenvalue weighted by molar-refractivity contribution is 0.243. The molecule has 1 radical (unpaired) electrons. The zero-order chi connectivity index (χ0) is 15.8. The first-order valence-corrected chi connectivity index (χ1v) is 6.53. The average Bonchev–Trinajstić information content (AvgIpc) is 2.55. The molecular weight excluding hydrogens is 284 g/mol. The van der Waals surface area contributed by atoms with Gasteiger partial charge in [0.15, 0.2) is 13.3 Å². The summed E-state index contributed by atoms with van der Waals surface area (Å²) >= 11 is 0. The number of hydrogen-bond acceptors (Lipinski definition) is 4. The second-order valence-corrected chi connectivity index (χ2v) is 4.28. The zero-order valence-electron chi connectivity index (χ0n) is 11.8. The van der Waals surface area contributed by atoms with Crippen molar-refractivity contribution in [3.8, 4) is 11.5 Å². The Morgan fingerprint density at radius 1 is 1.00 bits per heavy atom. The van der Waals surface area contributed by atoms with E-state index in [1.165, 1.54) is 4.90 Å². The highest BCUT2D eigenvalue weighted by molar-refractivity contribution is 5.90. The summed E-state index contributed by atoms with van der Waals surface area (Å²) in [7, 11) is 0. The Hall–Kier alpha value is -3.02. The number of amides is 2. The first-order valence-electron chi connectivity index (χ1n) is 6.53. The molecule has 2 aromatic carbocycles. The van der Waals surface area contributed by atoms with E-state index in [9.17, 15) is 9.59 Å². The number of primary amides is 1. The average molecular weight is 299 g/mol. The van der Waals surface area contributed by atoms with Gasteiger partial charge in [0.2, 0.25) is 6.29 Å². The highest BCUT2D eigenvalue weighted by atomic mass is 16.5. The van der Waals surface area contributed by atoms with E-state index in [0.717, 1.165) is 0 Å². The molecule has 0 aliphatic heterocycles. The lowest BCUT2D eigenvalue weighted by Gasteiger charge is -2.20. The van der Waals surface area contributed by atoms with Crippen LogP contribution in [0.5, 0.6) is 11.5 Å². The summed E-state index contributed by atoms with van der Waals surface area (Å²) in [6.07, 6.45) is 1.64. The Bertz CT molecular complexity index is 614. The molecule has 0 aromatic heterocycles. The van der Waals surface area contributed by atoms with Gasteiger partial charge in [0.1, 0.15) is 11.5 Å². The molecule has 0 aliphatic carbocycles. The number of anilines is 1. The molecule has 0 saturated carbocycles. The number of ether oxygens (including phenoxy) is 2. The topological polar surface area (TPSA) is 81.9 Å². The zero-order valence-corrected chi connectivity index (χ0v) is 11.8. The van der Waals surface area contributed by atoms with Crippen molar-refractivity contribution in [1.82, 2.24) is 0 Å². The SMILES string of the molecule is NC(=O)N(COc1ccc(OC[C]=O)cc1)c1ccccc1. The van der Waals surface area contributed by atoms with Crippen LogP contribution in [0.15, 0.2) is 54.6 Å². The van der Waals surface area contributed by atoms with Crippen molar-refractivity contribution >= 4 is 18.0 Å². The van der Waals surface area contributed by atoms with Crippen molar-refractivity contribution in [2.75, 3.05) is 18.2 Å². The number of benzene rings is 2. The van der Waals surface area contributed by atoms with E-state index in [-0.39, 0.29) is 13.3 Å². The van der Waals surface area contributed by atoms with Gasteiger partial charge in [-0.05, 0) is 36.4 Å². The first-order chi connectivity index (χ1) is 10.7. The molecule has 0 bridgehead atoms. The predicted molar refractivity (Wildman–Crippen MR) is 81.6 cm³/mol. The van der Waals surface area contributed by atoms with Crippen molar-refractivity contribution in [2.45, 2.75) is 0 Å². The minimum atomic E-state index is -0.604. The van der Waals surface area contributed by atoms with Crippen molar-refractivity contribution in [1.29, 1.82) is 0 Å². The Morgan fingerprint density at radius 2 is 1.59 bits per heavy atom. The molecule has 0 heterocycles. The third-order valence-electron chi connectivity index (χ3n) is 2.82. The Kier molecular flexibility index (Phi) is 5.37. The fourth-order valence-electron chi connectivity index (χ4n) is 1.76. The number of hydrogen-bond donors (Lipinski definition) is 1. The second kappa shape index (κ2) is 7.68. The Balaban J connectivity index is 1.98. The maximum atomic E-state index is 11.5. The molecule has 0 aliphatic rings. The number of urea groups is 1. The lowest BCUT2D eigenvalue weighted by atomic mass is 10.3. The van der Waals surface area contributed by atoms with Gasteiger partial charge in [0.25, 0.3) is 0 Å². The van der Waals surface area contributed by atoms with Gasteiger partial charge in [0, 0.05) is 5.69 Å². The molecule has 0 fully saturated rings. The minimum absolute atomic E-state index is 0.0122. The fourth-order valence-corrected chi connectivity index (χ4v) is 1.76.